The molecule has 0 heterocycles. The molecule has 0 saturated heterocycles. The molecule has 1 fully saturated rings. The molecule has 1 aliphatic rings. The van der Waals surface area contributed by atoms with Crippen LogP contribution in [0.15, 0.2) is 18.2 Å². The molecule has 0 radical (unpaired) electrons. The molecular formula is C13H15ClFNO5. The van der Waals surface area contributed by atoms with E-state index in [1.54, 1.807) is 7.11 Å². The topological polar surface area (TPSA) is 70.8 Å². The molecule has 0 N–H and O–H groups in total. The van der Waals surface area contributed by atoms with Crippen molar-refractivity contribution in [1.82, 2.24) is 0 Å². The predicted molar refractivity (Wildman–Crippen MR) is 73.3 cm³/mol. The van der Waals surface area contributed by atoms with Crippen molar-refractivity contribution in [3.05, 3.63) is 34.1 Å². The van der Waals surface area contributed by atoms with Gasteiger partial charge in [-0.1, -0.05) is 0 Å². The van der Waals surface area contributed by atoms with E-state index in [-0.39, 0.29) is 17.2 Å². The van der Waals surface area contributed by atoms with Gasteiger partial charge in [-0.15, -0.1) is 11.6 Å². The average molecular weight is 320 g/mol. The number of nitro groups is 1. The Bertz CT molecular complexity index is 515. The SMILES string of the molecule is COCCOC1C(Cl)CC1Oc1ccc(F)cc1[N+](=O)[O-]. The molecule has 21 heavy (non-hydrogen) atoms. The fourth-order valence-electron chi connectivity index (χ4n) is 2.02. The summed E-state index contributed by atoms with van der Waals surface area (Å²) in [6.07, 6.45) is -0.256. The van der Waals surface area contributed by atoms with Crippen LogP contribution in [0, 0.1) is 15.9 Å². The number of hydrogen-bond acceptors (Lipinski definition) is 5. The number of ether oxygens (including phenoxy) is 3. The summed E-state index contributed by atoms with van der Waals surface area (Å²) in [6.45, 7) is 0.777. The molecule has 0 spiro atoms. The lowest BCUT2D eigenvalue weighted by molar-refractivity contribution is -0.386. The van der Waals surface area contributed by atoms with Gasteiger partial charge in [-0.3, -0.25) is 10.1 Å². The fraction of sp³-hybridized carbons (Fsp3) is 0.538. The Labute approximate surface area is 125 Å². The molecule has 3 atom stereocenters. The Morgan fingerprint density at radius 1 is 1.48 bits per heavy atom. The Morgan fingerprint density at radius 2 is 2.24 bits per heavy atom. The van der Waals surface area contributed by atoms with E-state index in [4.69, 9.17) is 25.8 Å². The number of halogens is 2. The molecule has 0 bridgehead atoms. The number of rotatable bonds is 7. The van der Waals surface area contributed by atoms with Crippen molar-refractivity contribution in [2.45, 2.75) is 24.0 Å². The van der Waals surface area contributed by atoms with Crippen LogP contribution in [0.25, 0.3) is 0 Å². The Balaban J connectivity index is 2.03. The zero-order chi connectivity index (χ0) is 15.4. The highest BCUT2D eigenvalue weighted by Gasteiger charge is 2.43. The lowest BCUT2D eigenvalue weighted by Crippen LogP contribution is -2.53. The van der Waals surface area contributed by atoms with Crippen molar-refractivity contribution in [3.63, 3.8) is 0 Å². The van der Waals surface area contributed by atoms with E-state index in [1.807, 2.05) is 0 Å². The highest BCUT2D eigenvalue weighted by Crippen LogP contribution is 2.36. The van der Waals surface area contributed by atoms with Gasteiger partial charge in [-0.05, 0) is 12.1 Å². The molecular weight excluding hydrogens is 305 g/mol. The second kappa shape index (κ2) is 7.02. The summed E-state index contributed by atoms with van der Waals surface area (Å²) in [7, 11) is 1.55. The first kappa shape index (κ1) is 15.9. The van der Waals surface area contributed by atoms with Crippen LogP contribution >= 0.6 is 11.6 Å². The average Bonchev–Trinajstić information content (AvgIpc) is 2.44. The Morgan fingerprint density at radius 3 is 2.86 bits per heavy atom. The Kier molecular flexibility index (Phi) is 5.33. The lowest BCUT2D eigenvalue weighted by atomic mass is 9.91. The number of benzene rings is 1. The van der Waals surface area contributed by atoms with Crippen molar-refractivity contribution in [2.24, 2.45) is 0 Å². The predicted octanol–water partition coefficient (Wildman–Crippen LogP) is 2.52. The highest BCUT2D eigenvalue weighted by atomic mass is 35.5. The maximum atomic E-state index is 13.1. The van der Waals surface area contributed by atoms with Gasteiger partial charge in [0.25, 0.3) is 0 Å². The minimum absolute atomic E-state index is 0.00954. The minimum Gasteiger partial charge on any atom is -0.481 e. The second-order valence-corrected chi connectivity index (χ2v) is 5.17. The van der Waals surface area contributed by atoms with Gasteiger partial charge in [-0.2, -0.15) is 0 Å². The smallest absolute Gasteiger partial charge is 0.313 e. The van der Waals surface area contributed by atoms with Crippen molar-refractivity contribution in [2.75, 3.05) is 20.3 Å². The van der Waals surface area contributed by atoms with Gasteiger partial charge >= 0.3 is 5.69 Å². The van der Waals surface area contributed by atoms with Crippen LogP contribution in [-0.2, 0) is 9.47 Å². The monoisotopic (exact) mass is 319 g/mol. The molecule has 116 valence electrons. The van der Waals surface area contributed by atoms with Gasteiger partial charge < -0.3 is 14.2 Å². The molecule has 1 aromatic carbocycles. The van der Waals surface area contributed by atoms with Crippen LogP contribution in [0.3, 0.4) is 0 Å². The largest absolute Gasteiger partial charge is 0.481 e. The summed E-state index contributed by atoms with van der Waals surface area (Å²) in [4.78, 5) is 10.2. The van der Waals surface area contributed by atoms with Gasteiger partial charge in [0.15, 0.2) is 5.75 Å². The van der Waals surface area contributed by atoms with Gasteiger partial charge in [0.2, 0.25) is 0 Å². The molecule has 1 aliphatic carbocycles. The van der Waals surface area contributed by atoms with E-state index in [0.29, 0.717) is 19.6 Å². The zero-order valence-electron chi connectivity index (χ0n) is 11.3. The zero-order valence-corrected chi connectivity index (χ0v) is 12.1. The normalized spacial score (nSPS) is 24.4. The Hall–Kier alpha value is -1.44. The van der Waals surface area contributed by atoms with Crippen molar-refractivity contribution >= 4 is 17.3 Å². The molecule has 8 heteroatoms. The third kappa shape index (κ3) is 3.81. The lowest BCUT2D eigenvalue weighted by Gasteiger charge is -2.40. The van der Waals surface area contributed by atoms with Gasteiger partial charge in [-0.25, -0.2) is 4.39 Å². The van der Waals surface area contributed by atoms with Crippen molar-refractivity contribution in [3.8, 4) is 5.75 Å². The van der Waals surface area contributed by atoms with Gasteiger partial charge in [0, 0.05) is 13.5 Å². The molecule has 1 saturated carbocycles. The molecule has 0 aliphatic heterocycles. The summed E-state index contributed by atoms with van der Waals surface area (Å²) >= 11 is 6.04. The van der Waals surface area contributed by atoms with Crippen LogP contribution in [0.2, 0.25) is 0 Å². The molecule has 3 unspecified atom stereocenters. The first-order valence-electron chi connectivity index (χ1n) is 6.38. The third-order valence-electron chi connectivity index (χ3n) is 3.17. The minimum atomic E-state index is -0.689. The standard InChI is InChI=1S/C13H15ClFNO5/c1-19-4-5-20-13-9(14)7-12(13)21-11-3-2-8(15)6-10(11)16(17)18/h2-3,6,9,12-13H,4-5,7H2,1H3. The van der Waals surface area contributed by atoms with Crippen molar-refractivity contribution < 1.29 is 23.5 Å². The van der Waals surface area contributed by atoms with Gasteiger partial charge in [0.05, 0.1) is 29.6 Å². The maximum Gasteiger partial charge on any atom is 0.313 e. The molecule has 6 nitrogen and oxygen atoms in total. The van der Waals surface area contributed by atoms with Crippen LogP contribution < -0.4 is 4.74 Å². The number of hydrogen-bond donors (Lipinski definition) is 0. The quantitative estimate of drug-likeness (QED) is 0.334. The second-order valence-electron chi connectivity index (χ2n) is 4.61. The molecule has 0 amide bonds. The van der Waals surface area contributed by atoms with Crippen LogP contribution in [0.4, 0.5) is 10.1 Å². The summed E-state index contributed by atoms with van der Waals surface area (Å²) in [6, 6.07) is 3.17. The fourth-order valence-corrected chi connectivity index (χ4v) is 2.43. The van der Waals surface area contributed by atoms with Crippen LogP contribution in [0.1, 0.15) is 6.42 Å². The van der Waals surface area contributed by atoms with E-state index >= 15 is 0 Å². The van der Waals surface area contributed by atoms with E-state index in [1.165, 1.54) is 6.07 Å². The molecule has 1 aromatic rings. The molecule has 2 rings (SSSR count). The maximum absolute atomic E-state index is 13.1. The summed E-state index contributed by atoms with van der Waals surface area (Å²) in [5, 5.41) is 10.7. The number of nitrogens with zero attached hydrogens (tertiary/aromatic N) is 1. The van der Waals surface area contributed by atoms with Crippen LogP contribution in [-0.4, -0.2) is 42.8 Å². The summed E-state index contributed by atoms with van der Waals surface area (Å²) in [5.41, 5.74) is -0.413. The summed E-state index contributed by atoms with van der Waals surface area (Å²) in [5.74, 6) is -0.680. The number of methoxy groups -OCH3 is 1. The third-order valence-corrected chi connectivity index (χ3v) is 3.60. The van der Waals surface area contributed by atoms with Gasteiger partial charge in [0.1, 0.15) is 18.0 Å². The van der Waals surface area contributed by atoms with E-state index in [2.05, 4.69) is 0 Å². The number of nitro benzene ring substituents is 1. The van der Waals surface area contributed by atoms with Crippen molar-refractivity contribution in [1.29, 1.82) is 0 Å². The van der Waals surface area contributed by atoms with Crippen LogP contribution in [0.5, 0.6) is 5.75 Å². The number of alkyl halides is 1. The molecule has 0 aromatic heterocycles. The van der Waals surface area contributed by atoms with E-state index < -0.39 is 22.5 Å². The first-order chi connectivity index (χ1) is 10.0. The first-order valence-corrected chi connectivity index (χ1v) is 6.81. The van der Waals surface area contributed by atoms with E-state index in [0.717, 1.165) is 12.1 Å². The van der Waals surface area contributed by atoms with E-state index in [9.17, 15) is 14.5 Å². The highest BCUT2D eigenvalue weighted by molar-refractivity contribution is 6.21. The summed E-state index contributed by atoms with van der Waals surface area (Å²) < 4.78 is 29.0.